The Balaban J connectivity index is 0.00000324. The molecule has 3 nitrogen and oxygen atoms in total. The highest BCUT2D eigenvalue weighted by Crippen LogP contribution is 2.20. The van der Waals surface area contributed by atoms with Crippen LogP contribution in [0.25, 0.3) is 0 Å². The van der Waals surface area contributed by atoms with Gasteiger partial charge >= 0.3 is 0 Å². The minimum Gasteiger partial charge on any atom is -0.355 e. The Morgan fingerprint density at radius 2 is 2.00 bits per heavy atom. The van der Waals surface area contributed by atoms with Crippen molar-refractivity contribution in [2.75, 3.05) is 20.1 Å². The first-order valence-corrected chi connectivity index (χ1v) is 7.14. The molecule has 2 N–H and O–H groups in total. The van der Waals surface area contributed by atoms with Crippen LogP contribution in [-0.2, 0) is 11.2 Å². The number of rotatable bonds is 7. The Labute approximate surface area is 130 Å². The van der Waals surface area contributed by atoms with Gasteiger partial charge in [-0.2, -0.15) is 0 Å². The third kappa shape index (κ3) is 6.41. The maximum absolute atomic E-state index is 12.0. The maximum Gasteiger partial charge on any atom is 0.223 e. The summed E-state index contributed by atoms with van der Waals surface area (Å²) >= 11 is 3.53. The van der Waals surface area contributed by atoms with Crippen molar-refractivity contribution in [1.29, 1.82) is 0 Å². The lowest BCUT2D eigenvalue weighted by molar-refractivity contribution is -0.125. The Bertz CT molecular complexity index is 387. The largest absolute Gasteiger partial charge is 0.355 e. The number of likely N-dealkylation sites (N-methyl/N-ethyl adjacent to an activating group) is 1. The minimum absolute atomic E-state index is 0. The zero-order chi connectivity index (χ0) is 13.4. The molecule has 0 aliphatic carbocycles. The second-order valence-electron chi connectivity index (χ2n) is 4.30. The SMILES string of the molecule is CCC(Cc1ccccc1Br)C(=O)NCCNC.Cl. The molecule has 0 fully saturated rings. The van der Waals surface area contributed by atoms with Crippen molar-refractivity contribution in [3.8, 4) is 0 Å². The molecule has 0 aliphatic rings. The number of halogens is 2. The van der Waals surface area contributed by atoms with Crippen LogP contribution in [0.4, 0.5) is 0 Å². The highest BCUT2D eigenvalue weighted by Gasteiger charge is 2.17. The lowest BCUT2D eigenvalue weighted by Gasteiger charge is -2.15. The fourth-order valence-electron chi connectivity index (χ4n) is 1.81. The second-order valence-corrected chi connectivity index (χ2v) is 5.15. The molecule has 0 saturated carbocycles. The molecule has 1 rings (SSSR count). The molecule has 0 aromatic heterocycles. The van der Waals surface area contributed by atoms with Gasteiger partial charge in [0.15, 0.2) is 0 Å². The topological polar surface area (TPSA) is 41.1 Å². The molecule has 1 atom stereocenters. The van der Waals surface area contributed by atoms with Gasteiger partial charge in [-0.25, -0.2) is 0 Å². The van der Waals surface area contributed by atoms with Crippen molar-refractivity contribution < 1.29 is 4.79 Å². The molecule has 1 aromatic rings. The molecule has 0 aliphatic heterocycles. The van der Waals surface area contributed by atoms with Crippen molar-refractivity contribution in [2.45, 2.75) is 19.8 Å². The number of benzene rings is 1. The van der Waals surface area contributed by atoms with E-state index in [0.717, 1.165) is 23.9 Å². The van der Waals surface area contributed by atoms with Crippen molar-refractivity contribution in [2.24, 2.45) is 5.92 Å². The van der Waals surface area contributed by atoms with Crippen molar-refractivity contribution in [1.82, 2.24) is 10.6 Å². The molecule has 1 aromatic carbocycles. The van der Waals surface area contributed by atoms with E-state index < -0.39 is 0 Å². The number of carbonyl (C=O) groups is 1. The maximum atomic E-state index is 12.0. The highest BCUT2D eigenvalue weighted by atomic mass is 79.9. The van der Waals surface area contributed by atoms with E-state index in [4.69, 9.17) is 0 Å². The molecular weight excluding hydrogens is 328 g/mol. The zero-order valence-corrected chi connectivity index (χ0v) is 13.8. The van der Waals surface area contributed by atoms with Crippen LogP contribution in [0, 0.1) is 5.92 Å². The van der Waals surface area contributed by atoms with Crippen LogP contribution in [0.1, 0.15) is 18.9 Å². The molecule has 1 amide bonds. The van der Waals surface area contributed by atoms with Gasteiger partial charge in [0, 0.05) is 23.5 Å². The molecule has 1 unspecified atom stereocenters. The van der Waals surface area contributed by atoms with Gasteiger partial charge in [0.2, 0.25) is 5.91 Å². The van der Waals surface area contributed by atoms with Gasteiger partial charge in [0.25, 0.3) is 0 Å². The number of nitrogens with one attached hydrogen (secondary N) is 2. The molecule has 0 saturated heterocycles. The van der Waals surface area contributed by atoms with E-state index in [2.05, 4.69) is 39.6 Å². The Kier molecular flexibility index (Phi) is 9.92. The lowest BCUT2D eigenvalue weighted by Crippen LogP contribution is -2.35. The summed E-state index contributed by atoms with van der Waals surface area (Å²) in [6.07, 6.45) is 1.63. The smallest absolute Gasteiger partial charge is 0.223 e. The Morgan fingerprint density at radius 3 is 2.58 bits per heavy atom. The molecule has 108 valence electrons. The van der Waals surface area contributed by atoms with Crippen LogP contribution in [0.15, 0.2) is 28.7 Å². The fourth-order valence-corrected chi connectivity index (χ4v) is 2.25. The number of hydrogen-bond acceptors (Lipinski definition) is 2. The van der Waals surface area contributed by atoms with Crippen LogP contribution in [0.2, 0.25) is 0 Å². The van der Waals surface area contributed by atoms with Crippen LogP contribution in [0.5, 0.6) is 0 Å². The van der Waals surface area contributed by atoms with Gasteiger partial charge in [-0.3, -0.25) is 4.79 Å². The summed E-state index contributed by atoms with van der Waals surface area (Å²) in [6.45, 7) is 3.54. The van der Waals surface area contributed by atoms with Crippen LogP contribution < -0.4 is 10.6 Å². The second kappa shape index (κ2) is 10.2. The van der Waals surface area contributed by atoms with E-state index in [0.29, 0.717) is 6.54 Å². The highest BCUT2D eigenvalue weighted by molar-refractivity contribution is 9.10. The zero-order valence-electron chi connectivity index (χ0n) is 11.4. The average Bonchev–Trinajstić information content (AvgIpc) is 2.38. The van der Waals surface area contributed by atoms with Gasteiger partial charge in [-0.1, -0.05) is 41.1 Å². The van der Waals surface area contributed by atoms with E-state index in [1.54, 1.807) is 0 Å². The standard InChI is InChI=1S/C14H21BrN2O.ClH/c1-3-11(14(18)17-9-8-16-2)10-12-6-4-5-7-13(12)15;/h4-7,11,16H,3,8-10H2,1-2H3,(H,17,18);1H. The monoisotopic (exact) mass is 348 g/mol. The van der Waals surface area contributed by atoms with Crippen molar-refractivity contribution >= 4 is 34.2 Å². The summed E-state index contributed by atoms with van der Waals surface area (Å²) < 4.78 is 1.08. The first kappa shape index (κ1) is 18.4. The summed E-state index contributed by atoms with van der Waals surface area (Å²) in [6, 6.07) is 8.07. The number of carbonyl (C=O) groups excluding carboxylic acids is 1. The van der Waals surface area contributed by atoms with E-state index in [-0.39, 0.29) is 24.2 Å². The van der Waals surface area contributed by atoms with Gasteiger partial charge in [0.1, 0.15) is 0 Å². The molecule has 0 heterocycles. The van der Waals surface area contributed by atoms with Crippen LogP contribution in [-0.4, -0.2) is 26.0 Å². The minimum atomic E-state index is 0. The molecular formula is C14H22BrClN2O. The van der Waals surface area contributed by atoms with E-state index in [1.165, 1.54) is 5.56 Å². The molecule has 5 heteroatoms. The van der Waals surface area contributed by atoms with Crippen LogP contribution >= 0.6 is 28.3 Å². The molecule has 0 spiro atoms. The summed E-state index contributed by atoms with van der Waals surface area (Å²) in [5, 5.41) is 5.97. The Morgan fingerprint density at radius 1 is 1.32 bits per heavy atom. The van der Waals surface area contributed by atoms with Gasteiger partial charge in [-0.05, 0) is 31.5 Å². The third-order valence-electron chi connectivity index (χ3n) is 2.96. The lowest BCUT2D eigenvalue weighted by atomic mass is 9.96. The Hall–Kier alpha value is -0.580. The van der Waals surface area contributed by atoms with E-state index in [9.17, 15) is 4.79 Å². The van der Waals surface area contributed by atoms with Gasteiger partial charge in [0.05, 0.1) is 0 Å². The number of hydrogen-bond donors (Lipinski definition) is 2. The predicted octanol–water partition coefficient (Wildman–Crippen LogP) is 2.78. The normalized spacial score (nSPS) is 11.5. The van der Waals surface area contributed by atoms with Gasteiger partial charge in [-0.15, -0.1) is 12.4 Å². The third-order valence-corrected chi connectivity index (χ3v) is 3.74. The summed E-state index contributed by atoms with van der Waals surface area (Å²) in [5.41, 5.74) is 1.19. The van der Waals surface area contributed by atoms with E-state index in [1.807, 2.05) is 25.2 Å². The first-order chi connectivity index (χ1) is 8.69. The summed E-state index contributed by atoms with van der Waals surface area (Å²) in [5.74, 6) is 0.184. The molecule has 19 heavy (non-hydrogen) atoms. The van der Waals surface area contributed by atoms with Crippen LogP contribution in [0.3, 0.4) is 0 Å². The summed E-state index contributed by atoms with van der Waals surface area (Å²) in [7, 11) is 1.88. The molecule has 0 bridgehead atoms. The first-order valence-electron chi connectivity index (χ1n) is 6.34. The van der Waals surface area contributed by atoms with Gasteiger partial charge < -0.3 is 10.6 Å². The fraction of sp³-hybridized carbons (Fsp3) is 0.500. The number of amides is 1. The predicted molar refractivity (Wildman–Crippen MR) is 85.8 cm³/mol. The quantitative estimate of drug-likeness (QED) is 0.743. The average molecular weight is 350 g/mol. The van der Waals surface area contributed by atoms with Crippen molar-refractivity contribution in [3.05, 3.63) is 34.3 Å². The molecule has 0 radical (unpaired) electrons. The summed E-state index contributed by atoms with van der Waals surface area (Å²) in [4.78, 5) is 12.0. The van der Waals surface area contributed by atoms with Crippen molar-refractivity contribution in [3.63, 3.8) is 0 Å². The van der Waals surface area contributed by atoms with E-state index >= 15 is 0 Å².